The lowest BCUT2D eigenvalue weighted by Crippen LogP contribution is -2.22. The molecular formula is C15H11ClN3O. The van der Waals surface area contributed by atoms with E-state index in [1.54, 1.807) is 36.6 Å². The number of carbonyl (C=O) groups is 1. The number of hydrogen-bond acceptors (Lipinski definition) is 3. The van der Waals surface area contributed by atoms with Crippen molar-refractivity contribution in [3.63, 3.8) is 0 Å². The van der Waals surface area contributed by atoms with Crippen LogP contribution in [0.2, 0.25) is 5.02 Å². The second-order valence-electron chi connectivity index (χ2n) is 4.40. The van der Waals surface area contributed by atoms with Crippen molar-refractivity contribution in [2.24, 2.45) is 0 Å². The standard InChI is InChI=1S/C15H11ClN3O/c1-19-14(11-6-8-17-9-7-11)13(15(20)18-19)10-2-4-12(16)5-3-10/h2-9H,1H3. The number of halogens is 1. The highest BCUT2D eigenvalue weighted by atomic mass is 35.5. The quantitative estimate of drug-likeness (QED) is 0.851. The Hall–Kier alpha value is -2.33. The number of amides is 1. The zero-order valence-electron chi connectivity index (χ0n) is 10.7. The molecule has 1 radical (unpaired) electrons. The molecule has 0 bridgehead atoms. The van der Waals surface area contributed by atoms with Gasteiger partial charge in [-0.25, -0.2) is 0 Å². The number of benzene rings is 1. The predicted molar refractivity (Wildman–Crippen MR) is 77.4 cm³/mol. The summed E-state index contributed by atoms with van der Waals surface area (Å²) < 4.78 is 0. The van der Waals surface area contributed by atoms with E-state index in [1.807, 2.05) is 24.3 Å². The molecule has 1 aliphatic heterocycles. The van der Waals surface area contributed by atoms with Gasteiger partial charge < -0.3 is 0 Å². The van der Waals surface area contributed by atoms with Crippen LogP contribution in [0.3, 0.4) is 0 Å². The maximum atomic E-state index is 12.1. The summed E-state index contributed by atoms with van der Waals surface area (Å²) in [5.74, 6) is -0.248. The van der Waals surface area contributed by atoms with Crippen LogP contribution in [0.1, 0.15) is 11.1 Å². The van der Waals surface area contributed by atoms with E-state index in [1.165, 1.54) is 0 Å². The van der Waals surface area contributed by atoms with Crippen LogP contribution in [0, 0.1) is 0 Å². The predicted octanol–water partition coefficient (Wildman–Crippen LogP) is 2.59. The van der Waals surface area contributed by atoms with Crippen LogP contribution in [0.5, 0.6) is 0 Å². The average molecular weight is 285 g/mol. The molecule has 1 aromatic carbocycles. The molecule has 0 spiro atoms. The Morgan fingerprint density at radius 1 is 1.00 bits per heavy atom. The third-order valence-electron chi connectivity index (χ3n) is 3.10. The molecule has 3 rings (SSSR count). The van der Waals surface area contributed by atoms with Gasteiger partial charge in [-0.15, -0.1) is 5.43 Å². The van der Waals surface area contributed by atoms with Gasteiger partial charge in [0, 0.05) is 30.0 Å². The summed E-state index contributed by atoms with van der Waals surface area (Å²) >= 11 is 5.89. The molecule has 1 aromatic heterocycles. The molecule has 5 heteroatoms. The molecule has 0 aliphatic carbocycles. The topological polar surface area (TPSA) is 47.3 Å². The van der Waals surface area contributed by atoms with Crippen LogP contribution in [0.15, 0.2) is 48.8 Å². The Morgan fingerprint density at radius 3 is 2.30 bits per heavy atom. The van der Waals surface area contributed by atoms with Crippen molar-refractivity contribution in [2.75, 3.05) is 7.05 Å². The molecule has 20 heavy (non-hydrogen) atoms. The maximum absolute atomic E-state index is 12.1. The molecule has 0 N–H and O–H groups in total. The molecule has 0 saturated carbocycles. The molecule has 0 saturated heterocycles. The van der Waals surface area contributed by atoms with Crippen LogP contribution in [0.4, 0.5) is 0 Å². The Morgan fingerprint density at radius 2 is 1.65 bits per heavy atom. The molecular weight excluding hydrogens is 274 g/mol. The second kappa shape index (κ2) is 4.98. The number of pyridine rings is 1. The van der Waals surface area contributed by atoms with E-state index >= 15 is 0 Å². The van der Waals surface area contributed by atoms with Gasteiger partial charge in [-0.3, -0.25) is 14.8 Å². The van der Waals surface area contributed by atoms with Gasteiger partial charge in [0.15, 0.2) is 0 Å². The Balaban J connectivity index is 2.19. The minimum Gasteiger partial charge on any atom is -0.265 e. The average Bonchev–Trinajstić information content (AvgIpc) is 2.75. The van der Waals surface area contributed by atoms with E-state index in [0.717, 1.165) is 16.8 Å². The zero-order chi connectivity index (χ0) is 14.1. The van der Waals surface area contributed by atoms with Gasteiger partial charge in [0.25, 0.3) is 5.91 Å². The van der Waals surface area contributed by atoms with E-state index in [9.17, 15) is 4.79 Å². The molecule has 4 nitrogen and oxygen atoms in total. The monoisotopic (exact) mass is 284 g/mol. The molecule has 2 heterocycles. The summed E-state index contributed by atoms with van der Waals surface area (Å²) in [5.41, 5.74) is 7.06. The fourth-order valence-electron chi connectivity index (χ4n) is 2.22. The molecule has 0 fully saturated rings. The third kappa shape index (κ3) is 2.14. The van der Waals surface area contributed by atoms with Gasteiger partial charge in [0.2, 0.25) is 0 Å². The van der Waals surface area contributed by atoms with E-state index in [0.29, 0.717) is 10.6 Å². The first kappa shape index (κ1) is 12.7. The first-order chi connectivity index (χ1) is 9.66. The summed E-state index contributed by atoms with van der Waals surface area (Å²) in [4.78, 5) is 16.1. The van der Waals surface area contributed by atoms with Crippen molar-refractivity contribution >= 4 is 28.8 Å². The second-order valence-corrected chi connectivity index (χ2v) is 4.83. The summed E-state index contributed by atoms with van der Waals surface area (Å²) in [7, 11) is 1.76. The van der Waals surface area contributed by atoms with E-state index < -0.39 is 0 Å². The molecule has 2 aromatic rings. The third-order valence-corrected chi connectivity index (χ3v) is 3.35. The smallest absolute Gasteiger partial charge is 0.265 e. The first-order valence-corrected chi connectivity index (χ1v) is 6.45. The largest absolute Gasteiger partial charge is 0.296 e. The Labute approximate surface area is 121 Å². The number of hydrogen-bond donors (Lipinski definition) is 0. The number of carbonyl (C=O) groups excluding carboxylic acids is 1. The van der Waals surface area contributed by atoms with Crippen molar-refractivity contribution < 1.29 is 4.79 Å². The lowest BCUT2D eigenvalue weighted by Gasteiger charge is -2.13. The lowest BCUT2D eigenvalue weighted by atomic mass is 10.0. The van der Waals surface area contributed by atoms with Gasteiger partial charge in [0.1, 0.15) is 0 Å². The van der Waals surface area contributed by atoms with Crippen molar-refractivity contribution in [3.05, 3.63) is 64.9 Å². The van der Waals surface area contributed by atoms with Gasteiger partial charge in [-0.1, -0.05) is 23.7 Å². The number of aromatic nitrogens is 1. The van der Waals surface area contributed by atoms with Crippen molar-refractivity contribution in [1.82, 2.24) is 15.4 Å². The zero-order valence-corrected chi connectivity index (χ0v) is 11.5. The fourth-order valence-corrected chi connectivity index (χ4v) is 2.34. The van der Waals surface area contributed by atoms with Crippen LogP contribution in [-0.2, 0) is 4.79 Å². The van der Waals surface area contributed by atoms with Crippen LogP contribution in [-0.4, -0.2) is 22.9 Å². The normalized spacial score (nSPS) is 14.7. The highest BCUT2D eigenvalue weighted by Crippen LogP contribution is 2.33. The summed E-state index contributed by atoms with van der Waals surface area (Å²) in [6, 6.07) is 10.9. The number of rotatable bonds is 2. The molecule has 1 amide bonds. The van der Waals surface area contributed by atoms with Crippen LogP contribution >= 0.6 is 11.6 Å². The van der Waals surface area contributed by atoms with E-state index in [-0.39, 0.29) is 5.91 Å². The lowest BCUT2D eigenvalue weighted by molar-refractivity contribution is -0.117. The minimum atomic E-state index is -0.248. The maximum Gasteiger partial charge on any atom is 0.296 e. The highest BCUT2D eigenvalue weighted by molar-refractivity contribution is 6.31. The van der Waals surface area contributed by atoms with Gasteiger partial charge >= 0.3 is 0 Å². The van der Waals surface area contributed by atoms with E-state index in [4.69, 9.17) is 11.6 Å². The van der Waals surface area contributed by atoms with Crippen molar-refractivity contribution in [1.29, 1.82) is 0 Å². The SMILES string of the molecule is CN1[N]C(=O)C(c2ccc(Cl)cc2)=C1c1ccncc1. The summed E-state index contributed by atoms with van der Waals surface area (Å²) in [6.07, 6.45) is 3.39. The molecule has 99 valence electrons. The minimum absolute atomic E-state index is 0.248. The van der Waals surface area contributed by atoms with E-state index in [2.05, 4.69) is 10.4 Å². The number of nitrogens with zero attached hydrogens (tertiary/aromatic N) is 3. The fraction of sp³-hybridized carbons (Fsp3) is 0.0667. The van der Waals surface area contributed by atoms with Crippen LogP contribution in [0.25, 0.3) is 11.3 Å². The van der Waals surface area contributed by atoms with Gasteiger partial charge in [-0.2, -0.15) is 0 Å². The highest BCUT2D eigenvalue weighted by Gasteiger charge is 2.31. The van der Waals surface area contributed by atoms with Crippen molar-refractivity contribution in [2.45, 2.75) is 0 Å². The first-order valence-electron chi connectivity index (χ1n) is 6.07. The Kier molecular flexibility index (Phi) is 3.16. The Bertz CT molecular complexity index is 680. The molecule has 0 atom stereocenters. The van der Waals surface area contributed by atoms with Gasteiger partial charge in [0.05, 0.1) is 11.3 Å². The summed E-state index contributed by atoms with van der Waals surface area (Å²) in [5, 5.41) is 2.23. The molecule has 0 unspecified atom stereocenters. The van der Waals surface area contributed by atoms with Gasteiger partial charge in [-0.05, 0) is 29.8 Å². The van der Waals surface area contributed by atoms with Crippen LogP contribution < -0.4 is 5.43 Å². The molecule has 1 aliphatic rings. The van der Waals surface area contributed by atoms with Crippen molar-refractivity contribution in [3.8, 4) is 0 Å². The summed E-state index contributed by atoms with van der Waals surface area (Å²) in [6.45, 7) is 0.